The van der Waals surface area contributed by atoms with Crippen LogP contribution in [0.3, 0.4) is 0 Å². The molecule has 0 unspecified atom stereocenters. The minimum absolute atomic E-state index is 0.0360. The molecule has 1 heterocycles. The lowest BCUT2D eigenvalue weighted by atomic mass is 9.87. The smallest absolute Gasteiger partial charge is 0.317 e. The molecule has 2 rings (SSSR count). The zero-order chi connectivity index (χ0) is 21.4. The lowest BCUT2D eigenvalue weighted by molar-refractivity contribution is 0.152. The molecule has 162 valence electrons. The first-order valence-corrected chi connectivity index (χ1v) is 10.7. The third-order valence-corrected chi connectivity index (χ3v) is 5.45. The summed E-state index contributed by atoms with van der Waals surface area (Å²) >= 11 is 5.44. The second-order valence-corrected chi connectivity index (χ2v) is 7.45. The van der Waals surface area contributed by atoms with Gasteiger partial charge in [-0.25, -0.2) is 4.79 Å². The molecule has 1 aliphatic rings. The van der Waals surface area contributed by atoms with Crippen LogP contribution in [0.1, 0.15) is 50.8 Å². The third kappa shape index (κ3) is 5.44. The van der Waals surface area contributed by atoms with E-state index in [0.717, 1.165) is 31.4 Å². The van der Waals surface area contributed by atoms with E-state index in [0.29, 0.717) is 29.7 Å². The molecule has 0 aromatic heterocycles. The van der Waals surface area contributed by atoms with Crippen molar-refractivity contribution in [1.29, 1.82) is 0 Å². The number of amides is 2. The molecule has 7 nitrogen and oxygen atoms in total. The Bertz CT molecular complexity index is 713. The van der Waals surface area contributed by atoms with E-state index in [1.807, 2.05) is 30.9 Å². The number of methoxy groups -OCH3 is 2. The van der Waals surface area contributed by atoms with Gasteiger partial charge in [0, 0.05) is 19.6 Å². The maximum absolute atomic E-state index is 13.0. The van der Waals surface area contributed by atoms with Crippen molar-refractivity contribution < 1.29 is 14.3 Å². The summed E-state index contributed by atoms with van der Waals surface area (Å²) < 4.78 is 11.0. The van der Waals surface area contributed by atoms with Crippen LogP contribution in [0.5, 0.6) is 11.5 Å². The lowest BCUT2D eigenvalue weighted by Crippen LogP contribution is -2.54. The molecule has 0 radical (unpaired) electrons. The van der Waals surface area contributed by atoms with Gasteiger partial charge in [-0.2, -0.15) is 0 Å². The molecule has 0 fully saturated rings. The zero-order valence-corrected chi connectivity index (χ0v) is 18.9. The number of benzene rings is 1. The first-order chi connectivity index (χ1) is 14.0. The summed E-state index contributed by atoms with van der Waals surface area (Å²) in [5, 5.41) is 10.2. The average molecular weight is 423 g/mol. The number of ether oxygens (including phenoxy) is 2. The van der Waals surface area contributed by atoms with Crippen molar-refractivity contribution in [2.75, 3.05) is 33.9 Å². The van der Waals surface area contributed by atoms with Crippen LogP contribution in [0.25, 0.3) is 0 Å². The molecule has 0 saturated carbocycles. The molecule has 0 spiro atoms. The van der Waals surface area contributed by atoms with Gasteiger partial charge in [-0.05, 0) is 61.7 Å². The molecular weight excluding hydrogens is 388 g/mol. The van der Waals surface area contributed by atoms with Crippen LogP contribution >= 0.6 is 12.2 Å². The number of carbonyl (C=O) groups excluding carboxylic acids is 1. The highest BCUT2D eigenvalue weighted by atomic mass is 32.1. The Morgan fingerprint density at radius 1 is 1.21 bits per heavy atom. The fourth-order valence-electron chi connectivity index (χ4n) is 3.76. The van der Waals surface area contributed by atoms with Gasteiger partial charge >= 0.3 is 6.03 Å². The summed E-state index contributed by atoms with van der Waals surface area (Å²) in [6.45, 7) is 8.19. The topological polar surface area (TPSA) is 74.9 Å². The Hall–Kier alpha value is -2.22. The summed E-state index contributed by atoms with van der Waals surface area (Å²) in [6.07, 6.45) is 2.47. The maximum atomic E-state index is 13.0. The van der Waals surface area contributed by atoms with E-state index < -0.39 is 0 Å². The summed E-state index contributed by atoms with van der Waals surface area (Å²) in [5.41, 5.74) is 2.24. The van der Waals surface area contributed by atoms with Crippen molar-refractivity contribution >= 4 is 23.4 Å². The van der Waals surface area contributed by atoms with Crippen LogP contribution in [0, 0.1) is 0 Å². The minimum Gasteiger partial charge on any atom is -0.493 e. The number of hydrogen-bond donors (Lipinski definition) is 3. The standard InChI is InChI=1S/C21H34N4O3S/c1-6-10-23-21(26)25-11-9-14-12-17(27-4)18(28-5)13-15(14)19(25)16(7-2)24-20(29)22-8-3/h12-13,16,19H,6-11H2,1-5H3,(H,23,26)(H2,22,24,29)/t16-,19+/m0/s1. The molecule has 1 aromatic carbocycles. The molecular formula is C21H34N4O3S. The number of urea groups is 1. The molecule has 0 bridgehead atoms. The van der Waals surface area contributed by atoms with Crippen LogP contribution in [0.4, 0.5) is 4.79 Å². The van der Waals surface area contributed by atoms with Crippen molar-refractivity contribution in [2.24, 2.45) is 0 Å². The van der Waals surface area contributed by atoms with Gasteiger partial charge in [0.15, 0.2) is 16.6 Å². The molecule has 2 amide bonds. The maximum Gasteiger partial charge on any atom is 0.317 e. The third-order valence-electron chi connectivity index (χ3n) is 5.18. The SMILES string of the molecule is CCCNC(=O)N1CCc2cc(OC)c(OC)cc2[C@@H]1[C@H](CC)NC(=S)NCC. The van der Waals surface area contributed by atoms with Crippen LogP contribution < -0.4 is 25.4 Å². The van der Waals surface area contributed by atoms with Crippen molar-refractivity contribution in [2.45, 2.75) is 52.1 Å². The van der Waals surface area contributed by atoms with E-state index in [4.69, 9.17) is 21.7 Å². The molecule has 8 heteroatoms. The quantitative estimate of drug-likeness (QED) is 0.559. The number of rotatable bonds is 8. The summed E-state index contributed by atoms with van der Waals surface area (Å²) in [7, 11) is 3.27. The predicted octanol–water partition coefficient (Wildman–Crippen LogP) is 2.99. The first-order valence-electron chi connectivity index (χ1n) is 10.3. The van der Waals surface area contributed by atoms with Crippen molar-refractivity contribution in [1.82, 2.24) is 20.9 Å². The van der Waals surface area contributed by atoms with Crippen LogP contribution in [0.2, 0.25) is 0 Å². The lowest BCUT2D eigenvalue weighted by Gasteiger charge is -2.42. The summed E-state index contributed by atoms with van der Waals surface area (Å²) in [5.74, 6) is 1.37. The Labute approximate surface area is 179 Å². The van der Waals surface area contributed by atoms with E-state index in [1.54, 1.807) is 14.2 Å². The van der Waals surface area contributed by atoms with Gasteiger partial charge in [0.05, 0.1) is 26.3 Å². The number of hydrogen-bond acceptors (Lipinski definition) is 4. The van der Waals surface area contributed by atoms with Gasteiger partial charge < -0.3 is 30.3 Å². The van der Waals surface area contributed by atoms with Gasteiger partial charge in [-0.3, -0.25) is 0 Å². The summed E-state index contributed by atoms with van der Waals surface area (Å²) in [4.78, 5) is 14.9. The number of carbonyl (C=O) groups is 1. The zero-order valence-electron chi connectivity index (χ0n) is 18.1. The molecule has 2 atom stereocenters. The van der Waals surface area contributed by atoms with Crippen LogP contribution in [0.15, 0.2) is 12.1 Å². The fraction of sp³-hybridized carbons (Fsp3) is 0.619. The second kappa shape index (κ2) is 11.1. The minimum atomic E-state index is -0.169. The Morgan fingerprint density at radius 2 is 1.90 bits per heavy atom. The number of thiocarbonyl (C=S) groups is 1. The monoisotopic (exact) mass is 422 g/mol. The van der Waals surface area contributed by atoms with Gasteiger partial charge in [-0.15, -0.1) is 0 Å². The highest BCUT2D eigenvalue weighted by molar-refractivity contribution is 7.80. The van der Waals surface area contributed by atoms with E-state index in [2.05, 4.69) is 22.9 Å². The van der Waals surface area contributed by atoms with E-state index in [-0.39, 0.29) is 18.1 Å². The van der Waals surface area contributed by atoms with E-state index in [1.165, 1.54) is 5.56 Å². The molecule has 3 N–H and O–H groups in total. The fourth-order valence-corrected chi connectivity index (χ4v) is 4.05. The molecule has 1 aromatic rings. The number of nitrogens with zero attached hydrogens (tertiary/aromatic N) is 1. The normalized spacial score (nSPS) is 16.4. The number of fused-ring (bicyclic) bond motifs is 1. The molecule has 0 saturated heterocycles. The Balaban J connectivity index is 2.47. The van der Waals surface area contributed by atoms with E-state index >= 15 is 0 Å². The van der Waals surface area contributed by atoms with Gasteiger partial charge in [-0.1, -0.05) is 13.8 Å². The number of nitrogens with one attached hydrogen (secondary N) is 3. The predicted molar refractivity (Wildman–Crippen MR) is 120 cm³/mol. The van der Waals surface area contributed by atoms with Gasteiger partial charge in [0.2, 0.25) is 0 Å². The van der Waals surface area contributed by atoms with Crippen LogP contribution in [-0.4, -0.2) is 55.9 Å². The highest BCUT2D eigenvalue weighted by Crippen LogP contribution is 2.40. The first kappa shape index (κ1) is 23.1. The largest absolute Gasteiger partial charge is 0.493 e. The molecule has 1 aliphatic heterocycles. The van der Waals surface area contributed by atoms with Crippen molar-refractivity contribution in [3.8, 4) is 11.5 Å². The second-order valence-electron chi connectivity index (χ2n) is 7.04. The van der Waals surface area contributed by atoms with E-state index in [9.17, 15) is 4.79 Å². The van der Waals surface area contributed by atoms with Crippen LogP contribution in [-0.2, 0) is 6.42 Å². The van der Waals surface area contributed by atoms with Crippen molar-refractivity contribution in [3.63, 3.8) is 0 Å². The van der Waals surface area contributed by atoms with Crippen molar-refractivity contribution in [3.05, 3.63) is 23.3 Å². The molecule has 0 aliphatic carbocycles. The Morgan fingerprint density at radius 3 is 2.48 bits per heavy atom. The Kier molecular flexibility index (Phi) is 8.82. The van der Waals surface area contributed by atoms with Gasteiger partial charge in [0.1, 0.15) is 0 Å². The van der Waals surface area contributed by atoms with Gasteiger partial charge in [0.25, 0.3) is 0 Å². The average Bonchev–Trinajstić information content (AvgIpc) is 2.74. The highest BCUT2D eigenvalue weighted by Gasteiger charge is 2.37. The summed E-state index contributed by atoms with van der Waals surface area (Å²) in [6, 6.07) is 3.77. The molecule has 29 heavy (non-hydrogen) atoms.